The molecule has 0 amide bonds. The molecule has 130 valence electrons. The van der Waals surface area contributed by atoms with Gasteiger partial charge in [0.1, 0.15) is 29.7 Å². The minimum atomic E-state index is -3.91. The van der Waals surface area contributed by atoms with Gasteiger partial charge < -0.3 is 4.74 Å². The molecule has 0 rings (SSSR count). The summed E-state index contributed by atoms with van der Waals surface area (Å²) < 4.78 is 43.1. The molecule has 0 aliphatic heterocycles. The van der Waals surface area contributed by atoms with Crippen molar-refractivity contribution in [3.63, 3.8) is 0 Å². The van der Waals surface area contributed by atoms with Crippen LogP contribution in [0.4, 0.5) is 13.2 Å². The number of halogens is 3. The largest absolute Gasteiger partial charge is 0.374 e. The van der Waals surface area contributed by atoms with E-state index in [0.717, 1.165) is 6.92 Å². The maximum atomic E-state index is 13.0. The predicted molar refractivity (Wildman–Crippen MR) is 74.7 cm³/mol. The second-order valence-electron chi connectivity index (χ2n) is 5.29. The Morgan fingerprint density at radius 1 is 1.09 bits per heavy atom. The predicted octanol–water partition coefficient (Wildman–Crippen LogP) is 2.22. The topological polar surface area (TPSA) is 77.5 Å². The summed E-state index contributed by atoms with van der Waals surface area (Å²) in [5.74, 6) is -9.01. The lowest BCUT2D eigenvalue weighted by molar-refractivity contribution is -0.136. The Morgan fingerprint density at radius 3 is 2.04 bits per heavy atom. The SMILES string of the molecule is C=C(F)C(F)(F)COCC(CC(=O)CC(C)=O)C(=O)CC(C)=O. The number of Topliss-reactive ketones (excluding diaryl/α,β-unsaturated/α-hetero) is 4. The van der Waals surface area contributed by atoms with E-state index in [2.05, 4.69) is 11.3 Å². The van der Waals surface area contributed by atoms with Gasteiger partial charge in [-0.2, -0.15) is 8.78 Å². The zero-order valence-corrected chi connectivity index (χ0v) is 13.0. The van der Waals surface area contributed by atoms with Gasteiger partial charge in [-0.3, -0.25) is 19.2 Å². The molecule has 0 N–H and O–H groups in total. The highest BCUT2D eigenvalue weighted by Gasteiger charge is 2.35. The third-order valence-corrected chi connectivity index (χ3v) is 2.80. The first-order chi connectivity index (χ1) is 10.5. The van der Waals surface area contributed by atoms with Crippen molar-refractivity contribution in [2.45, 2.75) is 39.0 Å². The lowest BCUT2D eigenvalue weighted by Crippen LogP contribution is -2.30. The van der Waals surface area contributed by atoms with E-state index in [0.29, 0.717) is 0 Å². The summed E-state index contributed by atoms with van der Waals surface area (Å²) in [4.78, 5) is 45.3. The van der Waals surface area contributed by atoms with Gasteiger partial charge in [-0.25, -0.2) is 4.39 Å². The van der Waals surface area contributed by atoms with Crippen molar-refractivity contribution < 1.29 is 37.1 Å². The number of carbonyl (C=O) groups is 4. The lowest BCUT2D eigenvalue weighted by Gasteiger charge is -2.18. The van der Waals surface area contributed by atoms with Crippen LogP contribution in [0, 0.1) is 5.92 Å². The maximum absolute atomic E-state index is 13.0. The summed E-state index contributed by atoms with van der Waals surface area (Å²) in [5, 5.41) is 0. The molecule has 0 aromatic carbocycles. The van der Waals surface area contributed by atoms with E-state index in [4.69, 9.17) is 0 Å². The maximum Gasteiger partial charge on any atom is 0.320 e. The highest BCUT2D eigenvalue weighted by Crippen LogP contribution is 2.24. The Bertz CT molecular complexity index is 499. The van der Waals surface area contributed by atoms with Crippen LogP contribution >= 0.6 is 0 Å². The Kier molecular flexibility index (Phi) is 8.60. The average Bonchev–Trinajstić information content (AvgIpc) is 2.35. The highest BCUT2D eigenvalue weighted by molar-refractivity contribution is 6.03. The second-order valence-corrected chi connectivity index (χ2v) is 5.29. The van der Waals surface area contributed by atoms with Crippen molar-refractivity contribution in [3.05, 3.63) is 12.4 Å². The number of rotatable bonds is 12. The molecule has 0 radical (unpaired) electrons. The summed E-state index contributed by atoms with van der Waals surface area (Å²) in [5.41, 5.74) is 0. The van der Waals surface area contributed by atoms with Crippen molar-refractivity contribution in [2.75, 3.05) is 13.2 Å². The van der Waals surface area contributed by atoms with Gasteiger partial charge in [0.15, 0.2) is 5.83 Å². The molecule has 0 heterocycles. The van der Waals surface area contributed by atoms with E-state index < -0.39 is 73.3 Å². The van der Waals surface area contributed by atoms with E-state index in [1.807, 2.05) is 0 Å². The van der Waals surface area contributed by atoms with Crippen LogP contribution in [-0.2, 0) is 23.9 Å². The van der Waals surface area contributed by atoms with Crippen LogP contribution in [-0.4, -0.2) is 42.3 Å². The zero-order chi connectivity index (χ0) is 18.2. The lowest BCUT2D eigenvalue weighted by atomic mass is 9.94. The first-order valence-electron chi connectivity index (χ1n) is 6.79. The standard InChI is InChI=1S/C15H19F3O5/c1-9(19)4-13(21)6-12(14(22)5-10(2)20)7-23-8-15(17,18)11(3)16/h12H,3-8H2,1-2H3. The molecule has 1 atom stereocenters. The number of carbonyl (C=O) groups excluding carboxylic acids is 4. The first kappa shape index (κ1) is 21.2. The Morgan fingerprint density at radius 2 is 1.61 bits per heavy atom. The van der Waals surface area contributed by atoms with Gasteiger partial charge in [-0.15, -0.1) is 0 Å². The normalized spacial score (nSPS) is 12.6. The van der Waals surface area contributed by atoms with Gasteiger partial charge in [0, 0.05) is 12.3 Å². The van der Waals surface area contributed by atoms with Crippen molar-refractivity contribution in [2.24, 2.45) is 5.92 Å². The van der Waals surface area contributed by atoms with Crippen LogP contribution in [0.5, 0.6) is 0 Å². The van der Waals surface area contributed by atoms with Gasteiger partial charge >= 0.3 is 5.92 Å². The molecule has 0 saturated heterocycles. The summed E-state index contributed by atoms with van der Waals surface area (Å²) in [6, 6.07) is 0. The smallest absolute Gasteiger partial charge is 0.320 e. The minimum absolute atomic E-state index is 0.401. The molecule has 1 unspecified atom stereocenters. The van der Waals surface area contributed by atoms with Crippen LogP contribution in [0.2, 0.25) is 0 Å². The van der Waals surface area contributed by atoms with Crippen molar-refractivity contribution in [3.8, 4) is 0 Å². The molecule has 0 aliphatic carbocycles. The molecule has 0 saturated carbocycles. The highest BCUT2D eigenvalue weighted by atomic mass is 19.3. The monoisotopic (exact) mass is 336 g/mol. The molecule has 8 heteroatoms. The molecule has 0 spiro atoms. The van der Waals surface area contributed by atoms with Crippen molar-refractivity contribution >= 4 is 23.1 Å². The van der Waals surface area contributed by atoms with Gasteiger partial charge in [0.2, 0.25) is 0 Å². The molecule has 0 bridgehead atoms. The van der Waals surface area contributed by atoms with Crippen LogP contribution in [0.3, 0.4) is 0 Å². The number of hydrogen-bond acceptors (Lipinski definition) is 5. The van der Waals surface area contributed by atoms with Crippen molar-refractivity contribution in [1.29, 1.82) is 0 Å². The Labute approximate surface area is 131 Å². The molecule has 0 aromatic rings. The second kappa shape index (κ2) is 9.34. The fraction of sp³-hybridized carbons (Fsp3) is 0.600. The number of alkyl halides is 2. The van der Waals surface area contributed by atoms with Crippen LogP contribution in [0.1, 0.15) is 33.1 Å². The first-order valence-corrected chi connectivity index (χ1v) is 6.79. The van der Waals surface area contributed by atoms with Gasteiger partial charge in [-0.1, -0.05) is 6.58 Å². The van der Waals surface area contributed by atoms with E-state index in [-0.39, 0.29) is 0 Å². The molecule has 23 heavy (non-hydrogen) atoms. The van der Waals surface area contributed by atoms with Gasteiger partial charge in [-0.05, 0) is 13.8 Å². The fourth-order valence-electron chi connectivity index (χ4n) is 1.69. The molecule has 0 fully saturated rings. The van der Waals surface area contributed by atoms with Crippen LogP contribution < -0.4 is 0 Å². The van der Waals surface area contributed by atoms with E-state index in [1.54, 1.807) is 0 Å². The summed E-state index contributed by atoms with van der Waals surface area (Å²) in [6.07, 6.45) is -1.29. The third kappa shape index (κ3) is 9.02. The molecule has 5 nitrogen and oxygen atoms in total. The van der Waals surface area contributed by atoms with E-state index >= 15 is 0 Å². The fourth-order valence-corrected chi connectivity index (χ4v) is 1.69. The summed E-state index contributed by atoms with van der Waals surface area (Å²) in [7, 11) is 0. The number of ketones is 4. The van der Waals surface area contributed by atoms with E-state index in [1.165, 1.54) is 6.92 Å². The van der Waals surface area contributed by atoms with Crippen LogP contribution in [0.25, 0.3) is 0 Å². The number of ether oxygens (including phenoxy) is 1. The minimum Gasteiger partial charge on any atom is -0.374 e. The molecular weight excluding hydrogens is 317 g/mol. The summed E-state index contributed by atoms with van der Waals surface area (Å²) >= 11 is 0. The summed E-state index contributed by atoms with van der Waals surface area (Å²) in [6.45, 7) is 2.91. The molecule has 0 aromatic heterocycles. The molecule has 0 aliphatic rings. The quantitative estimate of drug-likeness (QED) is 0.511. The zero-order valence-electron chi connectivity index (χ0n) is 13.0. The Balaban J connectivity index is 4.75. The Hall–Kier alpha value is -1.83. The average molecular weight is 336 g/mol. The van der Waals surface area contributed by atoms with Crippen LogP contribution in [0.15, 0.2) is 12.4 Å². The van der Waals surface area contributed by atoms with Gasteiger partial charge in [0.05, 0.1) is 19.4 Å². The molecular formula is C15H19F3O5. The number of hydrogen-bond donors (Lipinski definition) is 0. The van der Waals surface area contributed by atoms with Crippen molar-refractivity contribution in [1.82, 2.24) is 0 Å². The third-order valence-electron chi connectivity index (χ3n) is 2.80. The van der Waals surface area contributed by atoms with Gasteiger partial charge in [0.25, 0.3) is 0 Å². The van der Waals surface area contributed by atoms with E-state index in [9.17, 15) is 32.3 Å².